The van der Waals surface area contributed by atoms with Crippen LogP contribution >= 0.6 is 11.3 Å². The Labute approximate surface area is 245 Å². The summed E-state index contributed by atoms with van der Waals surface area (Å²) in [7, 11) is 0. The molecule has 1 aliphatic heterocycles. The first-order valence-electron chi connectivity index (χ1n) is 14.9. The minimum atomic E-state index is -1.02. The molecule has 3 aromatic rings. The SMILES string of the molecule is CCCN1CCc2nc3ccccc3c(C(=O)OC(CC)C(=O)Nc3sc4c(c3C(=O)OCC)CCCCC4)c2C1. The van der Waals surface area contributed by atoms with Gasteiger partial charge < -0.3 is 14.8 Å². The summed E-state index contributed by atoms with van der Waals surface area (Å²) in [6.07, 6.45) is 5.90. The van der Waals surface area contributed by atoms with Gasteiger partial charge in [0.15, 0.2) is 6.10 Å². The second-order valence-corrected chi connectivity index (χ2v) is 11.8. The maximum Gasteiger partial charge on any atom is 0.341 e. The largest absolute Gasteiger partial charge is 0.462 e. The molecule has 3 heterocycles. The maximum absolute atomic E-state index is 13.9. The van der Waals surface area contributed by atoms with Crippen LogP contribution in [0.4, 0.5) is 5.00 Å². The molecule has 1 aromatic carbocycles. The average molecular weight is 578 g/mol. The highest BCUT2D eigenvalue weighted by Crippen LogP contribution is 2.38. The smallest absolute Gasteiger partial charge is 0.341 e. The summed E-state index contributed by atoms with van der Waals surface area (Å²) in [6.45, 7) is 8.45. The number of amides is 1. The van der Waals surface area contributed by atoms with Crippen molar-refractivity contribution >= 4 is 45.1 Å². The monoisotopic (exact) mass is 577 g/mol. The molecule has 1 unspecified atom stereocenters. The Morgan fingerprint density at radius 1 is 1.00 bits per heavy atom. The van der Waals surface area contributed by atoms with Crippen molar-refractivity contribution in [3.05, 3.63) is 57.1 Å². The molecule has 0 fully saturated rings. The minimum absolute atomic E-state index is 0.256. The number of carbonyl (C=O) groups excluding carboxylic acids is 3. The lowest BCUT2D eigenvalue weighted by atomic mass is 9.95. The van der Waals surface area contributed by atoms with E-state index in [2.05, 4.69) is 17.1 Å². The predicted molar refractivity (Wildman–Crippen MR) is 161 cm³/mol. The van der Waals surface area contributed by atoms with Gasteiger partial charge in [-0.25, -0.2) is 9.59 Å². The number of pyridine rings is 1. The molecule has 0 spiro atoms. The van der Waals surface area contributed by atoms with E-state index in [1.165, 1.54) is 11.3 Å². The lowest BCUT2D eigenvalue weighted by Crippen LogP contribution is -2.35. The van der Waals surface area contributed by atoms with Crippen LogP contribution in [0, 0.1) is 0 Å². The number of esters is 2. The number of nitrogens with zero attached hydrogens (tertiary/aromatic N) is 2. The van der Waals surface area contributed by atoms with Crippen LogP contribution in [0.5, 0.6) is 0 Å². The summed E-state index contributed by atoms with van der Waals surface area (Å²) in [5.41, 5.74) is 4.48. The van der Waals surface area contributed by atoms with Gasteiger partial charge in [-0.15, -0.1) is 11.3 Å². The third kappa shape index (κ3) is 6.16. The number of para-hydroxylation sites is 1. The van der Waals surface area contributed by atoms with E-state index >= 15 is 0 Å². The second-order valence-electron chi connectivity index (χ2n) is 10.7. The number of nitrogens with one attached hydrogen (secondary N) is 1. The molecule has 9 heteroatoms. The van der Waals surface area contributed by atoms with Crippen molar-refractivity contribution < 1.29 is 23.9 Å². The number of aromatic nitrogens is 1. The van der Waals surface area contributed by atoms with Gasteiger partial charge >= 0.3 is 11.9 Å². The van der Waals surface area contributed by atoms with Crippen molar-refractivity contribution in [1.29, 1.82) is 0 Å². The first-order chi connectivity index (χ1) is 19.9. The van der Waals surface area contributed by atoms with Crippen LogP contribution in [-0.2, 0) is 40.1 Å². The van der Waals surface area contributed by atoms with Crippen molar-refractivity contribution in [2.75, 3.05) is 25.0 Å². The number of hydrogen-bond acceptors (Lipinski definition) is 8. The Morgan fingerprint density at radius 3 is 2.59 bits per heavy atom. The Balaban J connectivity index is 1.43. The first kappa shape index (κ1) is 29.2. The molecule has 1 aliphatic carbocycles. The van der Waals surface area contributed by atoms with Gasteiger partial charge in [0.2, 0.25) is 0 Å². The first-order valence-corrected chi connectivity index (χ1v) is 15.7. The molecule has 1 atom stereocenters. The van der Waals surface area contributed by atoms with Crippen molar-refractivity contribution in [2.24, 2.45) is 0 Å². The van der Waals surface area contributed by atoms with Crippen LogP contribution in [0.25, 0.3) is 10.9 Å². The number of benzene rings is 1. The Bertz CT molecular complexity index is 1450. The molecule has 2 aromatic heterocycles. The van der Waals surface area contributed by atoms with Crippen molar-refractivity contribution in [2.45, 2.75) is 84.8 Å². The van der Waals surface area contributed by atoms with E-state index in [4.69, 9.17) is 14.5 Å². The number of aryl methyl sites for hydroxylation is 1. The number of thiophene rings is 1. The van der Waals surface area contributed by atoms with E-state index in [1.807, 2.05) is 31.2 Å². The van der Waals surface area contributed by atoms with E-state index in [1.54, 1.807) is 6.92 Å². The fourth-order valence-electron chi connectivity index (χ4n) is 5.94. The maximum atomic E-state index is 13.9. The number of carbonyl (C=O) groups is 3. The van der Waals surface area contributed by atoms with Crippen LogP contribution < -0.4 is 5.32 Å². The summed E-state index contributed by atoms with van der Waals surface area (Å²) in [5.74, 6) is -1.38. The van der Waals surface area contributed by atoms with Gasteiger partial charge in [-0.2, -0.15) is 0 Å². The molecule has 1 N–H and O–H groups in total. The van der Waals surface area contributed by atoms with E-state index in [-0.39, 0.29) is 6.61 Å². The number of anilines is 1. The Morgan fingerprint density at radius 2 is 1.80 bits per heavy atom. The van der Waals surface area contributed by atoms with Crippen LogP contribution in [0.1, 0.15) is 95.3 Å². The lowest BCUT2D eigenvalue weighted by molar-refractivity contribution is -0.124. The number of hydrogen-bond donors (Lipinski definition) is 1. The fourth-order valence-corrected chi connectivity index (χ4v) is 7.22. The standard InChI is InChI=1S/C32H39N3O5S/c1-4-17-35-18-16-24-22(19-35)27(20-12-10-11-14-23(20)33-24)32(38)40-25(5-2)29(36)34-30-28(31(37)39-6-3)21-13-8-7-9-15-26(21)41-30/h10-12,14,25H,4-9,13,15-19H2,1-3H3,(H,34,36). The Kier molecular flexibility index (Phi) is 9.35. The van der Waals surface area contributed by atoms with Gasteiger partial charge in [-0.3, -0.25) is 14.7 Å². The van der Waals surface area contributed by atoms with Crippen LogP contribution in [0.3, 0.4) is 0 Å². The molecule has 1 amide bonds. The molecule has 0 bridgehead atoms. The van der Waals surface area contributed by atoms with Gasteiger partial charge in [-0.1, -0.05) is 38.5 Å². The van der Waals surface area contributed by atoms with E-state index < -0.39 is 23.9 Å². The molecule has 5 rings (SSSR count). The molecule has 218 valence electrons. The van der Waals surface area contributed by atoms with Crippen LogP contribution in [0.15, 0.2) is 24.3 Å². The number of ether oxygens (including phenoxy) is 2. The third-order valence-corrected chi connectivity index (χ3v) is 9.13. The van der Waals surface area contributed by atoms with E-state index in [0.29, 0.717) is 29.1 Å². The van der Waals surface area contributed by atoms with Gasteiger partial charge in [-0.05, 0) is 63.6 Å². The van der Waals surface area contributed by atoms with Crippen molar-refractivity contribution in [3.8, 4) is 0 Å². The van der Waals surface area contributed by atoms with Gasteiger partial charge in [0.05, 0.1) is 23.3 Å². The quantitative estimate of drug-likeness (QED) is 0.243. The molecular formula is C32H39N3O5S. The minimum Gasteiger partial charge on any atom is -0.462 e. The summed E-state index contributed by atoms with van der Waals surface area (Å²) in [6, 6.07) is 7.60. The van der Waals surface area contributed by atoms with E-state index in [9.17, 15) is 14.4 Å². The Hall–Kier alpha value is -3.30. The summed E-state index contributed by atoms with van der Waals surface area (Å²) in [5, 5.41) is 4.16. The molecular weight excluding hydrogens is 538 g/mol. The number of fused-ring (bicyclic) bond motifs is 3. The lowest BCUT2D eigenvalue weighted by Gasteiger charge is -2.30. The van der Waals surface area contributed by atoms with E-state index in [0.717, 1.165) is 90.6 Å². The van der Waals surface area contributed by atoms with Crippen LogP contribution in [0.2, 0.25) is 0 Å². The highest BCUT2D eigenvalue weighted by Gasteiger charge is 2.32. The predicted octanol–water partition coefficient (Wildman–Crippen LogP) is 6.08. The number of rotatable bonds is 9. The van der Waals surface area contributed by atoms with Crippen molar-refractivity contribution in [3.63, 3.8) is 0 Å². The normalized spacial score (nSPS) is 15.9. The van der Waals surface area contributed by atoms with Crippen LogP contribution in [-0.4, -0.2) is 53.5 Å². The molecule has 41 heavy (non-hydrogen) atoms. The zero-order valence-electron chi connectivity index (χ0n) is 24.2. The highest BCUT2D eigenvalue weighted by atomic mass is 32.1. The molecule has 0 radical (unpaired) electrons. The second kappa shape index (κ2) is 13.1. The zero-order chi connectivity index (χ0) is 28.9. The summed E-state index contributed by atoms with van der Waals surface area (Å²) >= 11 is 1.44. The summed E-state index contributed by atoms with van der Waals surface area (Å²) < 4.78 is 11.3. The highest BCUT2D eigenvalue weighted by molar-refractivity contribution is 7.17. The van der Waals surface area contributed by atoms with Gasteiger partial charge in [0, 0.05) is 41.0 Å². The fraction of sp³-hybridized carbons (Fsp3) is 0.500. The summed E-state index contributed by atoms with van der Waals surface area (Å²) in [4.78, 5) is 48.7. The molecule has 0 saturated carbocycles. The average Bonchev–Trinajstić information content (AvgIpc) is 3.14. The molecule has 2 aliphatic rings. The van der Waals surface area contributed by atoms with Gasteiger partial charge in [0.25, 0.3) is 5.91 Å². The topological polar surface area (TPSA) is 97.8 Å². The van der Waals surface area contributed by atoms with Gasteiger partial charge in [0.1, 0.15) is 5.00 Å². The third-order valence-electron chi connectivity index (χ3n) is 7.92. The van der Waals surface area contributed by atoms with Crippen molar-refractivity contribution in [1.82, 2.24) is 9.88 Å². The molecule has 8 nitrogen and oxygen atoms in total. The zero-order valence-corrected chi connectivity index (χ0v) is 25.0. The molecule has 0 saturated heterocycles.